The maximum absolute atomic E-state index is 10.3. The van der Waals surface area contributed by atoms with Gasteiger partial charge in [-0.05, 0) is 6.26 Å². The van der Waals surface area contributed by atoms with Crippen molar-refractivity contribution in [2.45, 2.75) is 0 Å². The van der Waals surface area contributed by atoms with Crippen LogP contribution in [0.2, 0.25) is 0 Å². The smallest absolute Gasteiger partial charge is 0.317 e. The van der Waals surface area contributed by atoms with Crippen molar-refractivity contribution in [3.8, 4) is 0 Å². The van der Waals surface area contributed by atoms with E-state index < -0.39 is 5.97 Å². The molecule has 2 N–H and O–H groups in total. The standard InChI is InChI=1S/C6H11N3O2S/c1-12-6-7-3-9(4-8-6)2-5(10)11/h2-4H2,1H3,(H,7,8)(H,10,11). The fraction of sp³-hybridized carbons (Fsp3) is 0.667. The van der Waals surface area contributed by atoms with Crippen molar-refractivity contribution in [3.05, 3.63) is 0 Å². The molecule has 0 fully saturated rings. The Hall–Kier alpha value is -0.750. The summed E-state index contributed by atoms with van der Waals surface area (Å²) in [6.07, 6.45) is 1.93. The first-order valence-corrected chi connectivity index (χ1v) is 4.71. The molecule has 5 nitrogen and oxygen atoms in total. The molecular weight excluding hydrogens is 178 g/mol. The van der Waals surface area contributed by atoms with E-state index in [4.69, 9.17) is 5.11 Å². The molecule has 0 spiro atoms. The highest BCUT2D eigenvalue weighted by atomic mass is 32.2. The third-order valence-electron chi connectivity index (χ3n) is 1.42. The Morgan fingerprint density at radius 2 is 2.67 bits per heavy atom. The number of hydrogen-bond donors (Lipinski definition) is 2. The molecule has 0 bridgehead atoms. The predicted octanol–water partition coefficient (Wildman–Crippen LogP) is -0.390. The molecule has 0 aliphatic carbocycles. The second-order valence-corrected chi connectivity index (χ2v) is 3.16. The summed E-state index contributed by atoms with van der Waals surface area (Å²) in [5.41, 5.74) is 0. The van der Waals surface area contributed by atoms with Crippen LogP contribution in [0.3, 0.4) is 0 Å². The van der Waals surface area contributed by atoms with Crippen LogP contribution in [0.15, 0.2) is 4.99 Å². The Labute approximate surface area is 74.8 Å². The average Bonchev–Trinajstić information content (AvgIpc) is 2.05. The number of rotatable bonds is 2. The second kappa shape index (κ2) is 4.32. The van der Waals surface area contributed by atoms with Crippen molar-refractivity contribution in [1.29, 1.82) is 0 Å². The van der Waals surface area contributed by atoms with E-state index in [1.807, 2.05) is 6.26 Å². The Morgan fingerprint density at radius 1 is 1.92 bits per heavy atom. The Bertz CT molecular complexity index is 207. The van der Waals surface area contributed by atoms with Gasteiger partial charge < -0.3 is 10.4 Å². The summed E-state index contributed by atoms with van der Waals surface area (Å²) >= 11 is 1.53. The van der Waals surface area contributed by atoms with Crippen molar-refractivity contribution < 1.29 is 9.90 Å². The fourth-order valence-corrected chi connectivity index (χ4v) is 1.28. The number of aliphatic carboxylic acids is 1. The molecule has 6 heteroatoms. The van der Waals surface area contributed by atoms with Crippen LogP contribution in [0.4, 0.5) is 0 Å². The molecule has 0 saturated heterocycles. The molecule has 0 radical (unpaired) electrons. The van der Waals surface area contributed by atoms with Crippen LogP contribution in [0, 0.1) is 0 Å². The minimum absolute atomic E-state index is 0.0398. The first kappa shape index (κ1) is 9.34. The largest absolute Gasteiger partial charge is 0.480 e. The van der Waals surface area contributed by atoms with Crippen LogP contribution in [0.5, 0.6) is 0 Å². The summed E-state index contributed by atoms with van der Waals surface area (Å²) in [6, 6.07) is 0. The van der Waals surface area contributed by atoms with Gasteiger partial charge in [-0.1, -0.05) is 11.8 Å². The first-order chi connectivity index (χ1) is 5.72. The average molecular weight is 189 g/mol. The number of amidine groups is 1. The van der Waals surface area contributed by atoms with Crippen LogP contribution in [0.25, 0.3) is 0 Å². The van der Waals surface area contributed by atoms with Gasteiger partial charge in [0.15, 0.2) is 5.17 Å². The number of hydrogen-bond acceptors (Lipinski definition) is 5. The summed E-state index contributed by atoms with van der Waals surface area (Å²) in [5.74, 6) is -0.820. The number of carboxylic acids is 1. The molecule has 0 atom stereocenters. The van der Waals surface area contributed by atoms with Gasteiger partial charge in [0.25, 0.3) is 0 Å². The van der Waals surface area contributed by atoms with E-state index in [0.29, 0.717) is 13.3 Å². The Balaban J connectivity index is 2.35. The lowest BCUT2D eigenvalue weighted by atomic mass is 10.5. The quantitative estimate of drug-likeness (QED) is 0.619. The van der Waals surface area contributed by atoms with Crippen molar-refractivity contribution in [3.63, 3.8) is 0 Å². The van der Waals surface area contributed by atoms with Crippen molar-refractivity contribution in [2.75, 3.05) is 26.1 Å². The highest BCUT2D eigenvalue weighted by molar-refractivity contribution is 8.13. The number of aliphatic imine (C=N–C) groups is 1. The van der Waals surface area contributed by atoms with Gasteiger partial charge >= 0.3 is 5.97 Å². The van der Waals surface area contributed by atoms with Gasteiger partial charge in [-0.3, -0.25) is 9.69 Å². The van der Waals surface area contributed by atoms with E-state index in [-0.39, 0.29) is 6.54 Å². The van der Waals surface area contributed by atoms with E-state index in [9.17, 15) is 4.79 Å². The van der Waals surface area contributed by atoms with Crippen molar-refractivity contribution >= 4 is 22.9 Å². The lowest BCUT2D eigenvalue weighted by Gasteiger charge is -2.24. The molecule has 0 aromatic carbocycles. The molecule has 1 heterocycles. The maximum Gasteiger partial charge on any atom is 0.317 e. The number of thioether (sulfide) groups is 1. The molecule has 0 aromatic rings. The minimum atomic E-state index is -0.820. The van der Waals surface area contributed by atoms with Crippen LogP contribution in [-0.2, 0) is 4.79 Å². The molecule has 12 heavy (non-hydrogen) atoms. The molecule has 0 unspecified atom stereocenters. The van der Waals surface area contributed by atoms with Crippen molar-refractivity contribution in [1.82, 2.24) is 10.2 Å². The van der Waals surface area contributed by atoms with Crippen LogP contribution in [0.1, 0.15) is 0 Å². The minimum Gasteiger partial charge on any atom is -0.480 e. The Morgan fingerprint density at radius 3 is 3.08 bits per heavy atom. The van der Waals surface area contributed by atoms with Gasteiger partial charge in [0, 0.05) is 0 Å². The summed E-state index contributed by atoms with van der Waals surface area (Å²) in [4.78, 5) is 16.1. The lowest BCUT2D eigenvalue weighted by molar-refractivity contribution is -0.138. The monoisotopic (exact) mass is 189 g/mol. The Kier molecular flexibility index (Phi) is 3.36. The van der Waals surface area contributed by atoms with Gasteiger partial charge in [0.05, 0.1) is 19.9 Å². The third kappa shape index (κ3) is 2.71. The number of nitrogens with one attached hydrogen (secondary N) is 1. The van der Waals surface area contributed by atoms with Crippen LogP contribution < -0.4 is 5.32 Å². The van der Waals surface area contributed by atoms with Crippen molar-refractivity contribution in [2.24, 2.45) is 4.99 Å². The van der Waals surface area contributed by atoms with Gasteiger partial charge in [0.1, 0.15) is 0 Å². The first-order valence-electron chi connectivity index (χ1n) is 3.49. The molecule has 0 saturated carbocycles. The second-order valence-electron chi connectivity index (χ2n) is 2.37. The highest BCUT2D eigenvalue weighted by Gasteiger charge is 2.13. The third-order valence-corrected chi connectivity index (χ3v) is 2.08. The van der Waals surface area contributed by atoms with E-state index in [1.54, 1.807) is 4.90 Å². The normalized spacial score (nSPS) is 18.2. The summed E-state index contributed by atoms with van der Waals surface area (Å²) in [5, 5.41) is 12.3. The van der Waals surface area contributed by atoms with Gasteiger partial charge in [-0.2, -0.15) is 0 Å². The molecule has 1 aliphatic heterocycles. The summed E-state index contributed by atoms with van der Waals surface area (Å²) in [6.45, 7) is 1.07. The van der Waals surface area contributed by atoms with Gasteiger partial charge in [0.2, 0.25) is 0 Å². The zero-order valence-corrected chi connectivity index (χ0v) is 7.60. The zero-order chi connectivity index (χ0) is 8.97. The lowest BCUT2D eigenvalue weighted by Crippen LogP contribution is -2.43. The molecule has 0 aromatic heterocycles. The van der Waals surface area contributed by atoms with E-state index in [0.717, 1.165) is 5.17 Å². The van der Waals surface area contributed by atoms with Gasteiger partial charge in [-0.15, -0.1) is 0 Å². The van der Waals surface area contributed by atoms with E-state index in [2.05, 4.69) is 10.3 Å². The number of nitrogens with zero attached hydrogens (tertiary/aromatic N) is 2. The van der Waals surface area contributed by atoms with E-state index >= 15 is 0 Å². The van der Waals surface area contributed by atoms with E-state index in [1.165, 1.54) is 11.8 Å². The van der Waals surface area contributed by atoms with Crippen LogP contribution >= 0.6 is 11.8 Å². The molecule has 1 rings (SSSR count). The topological polar surface area (TPSA) is 64.9 Å². The fourth-order valence-electron chi connectivity index (χ4n) is 0.883. The summed E-state index contributed by atoms with van der Waals surface area (Å²) in [7, 11) is 0. The maximum atomic E-state index is 10.3. The highest BCUT2D eigenvalue weighted by Crippen LogP contribution is 2.01. The zero-order valence-electron chi connectivity index (χ0n) is 6.78. The SMILES string of the molecule is CSC1=NCN(CC(=O)O)CN1. The molecule has 1 aliphatic rings. The van der Waals surface area contributed by atoms with Crippen LogP contribution in [-0.4, -0.2) is 47.3 Å². The summed E-state index contributed by atoms with van der Waals surface area (Å²) < 4.78 is 0. The predicted molar refractivity (Wildman–Crippen MR) is 48.2 cm³/mol. The number of carbonyl (C=O) groups is 1. The molecule has 68 valence electrons. The van der Waals surface area contributed by atoms with Gasteiger partial charge in [-0.25, -0.2) is 4.99 Å². The number of carboxylic acid groups (broad SMARTS) is 1. The molecule has 0 amide bonds. The molecular formula is C6H11N3O2S.